The number of sulfone groups is 1. The van der Waals surface area contributed by atoms with E-state index in [4.69, 9.17) is 23.9 Å². The fourth-order valence-corrected chi connectivity index (χ4v) is 7.66. The zero-order valence-corrected chi connectivity index (χ0v) is 30.0. The number of likely N-dealkylation sites (tertiary alicyclic amines) is 1. The summed E-state index contributed by atoms with van der Waals surface area (Å²) >= 11 is 0. The maximum Gasteiger partial charge on any atom is 0.410 e. The summed E-state index contributed by atoms with van der Waals surface area (Å²) in [6.07, 6.45) is 4.51. The molecular weight excluding hydrogens is 690 g/mol. The van der Waals surface area contributed by atoms with Crippen LogP contribution in [-0.2, 0) is 20.3 Å². The van der Waals surface area contributed by atoms with E-state index in [0.717, 1.165) is 18.4 Å². The van der Waals surface area contributed by atoms with Crippen LogP contribution in [0.1, 0.15) is 44.7 Å². The zero-order chi connectivity index (χ0) is 36.6. The van der Waals surface area contributed by atoms with Gasteiger partial charge in [-0.1, -0.05) is 12.1 Å². The lowest BCUT2D eigenvalue weighted by atomic mass is 10.0. The van der Waals surface area contributed by atoms with Crippen molar-refractivity contribution in [1.82, 2.24) is 19.9 Å². The molecule has 7 rings (SSSR count). The molecule has 0 saturated carbocycles. The smallest absolute Gasteiger partial charge is 0.410 e. The van der Waals surface area contributed by atoms with Crippen molar-refractivity contribution in [2.45, 2.75) is 62.8 Å². The highest BCUT2D eigenvalue weighted by molar-refractivity contribution is 7.90. The van der Waals surface area contributed by atoms with E-state index in [1.54, 1.807) is 47.6 Å². The number of aryl methyl sites for hydroxylation is 1. The zero-order valence-electron chi connectivity index (χ0n) is 29.2. The molecule has 5 aromatic rings. The maximum absolute atomic E-state index is 15.5. The number of hydrogen-bond donors (Lipinski definition) is 1. The molecule has 0 radical (unpaired) electrons. The van der Waals surface area contributed by atoms with Gasteiger partial charge in [0.2, 0.25) is 18.6 Å². The highest BCUT2D eigenvalue weighted by Crippen LogP contribution is 2.40. The number of hydrogen-bond acceptors (Lipinski definition) is 11. The number of carbonyl (C=O) groups excluding carboxylic acids is 1. The summed E-state index contributed by atoms with van der Waals surface area (Å²) in [5.41, 5.74) is 1.28. The van der Waals surface area contributed by atoms with Gasteiger partial charge < -0.3 is 29.2 Å². The summed E-state index contributed by atoms with van der Waals surface area (Å²) in [6.45, 7) is 8.44. The minimum atomic E-state index is -3.98. The van der Waals surface area contributed by atoms with E-state index in [9.17, 15) is 13.2 Å². The van der Waals surface area contributed by atoms with Crippen LogP contribution >= 0.6 is 0 Å². The van der Waals surface area contributed by atoms with E-state index in [1.807, 2.05) is 33.8 Å². The monoisotopic (exact) mass is 727 g/mol. The van der Waals surface area contributed by atoms with Gasteiger partial charge in [0.15, 0.2) is 21.3 Å². The topological polar surface area (TPSA) is 142 Å². The van der Waals surface area contributed by atoms with Gasteiger partial charge in [-0.25, -0.2) is 32.6 Å². The summed E-state index contributed by atoms with van der Waals surface area (Å²) in [7, 11) is -3.98. The summed E-state index contributed by atoms with van der Waals surface area (Å²) in [5, 5.41) is 4.28. The van der Waals surface area contributed by atoms with Gasteiger partial charge in [0.05, 0.1) is 21.9 Å². The van der Waals surface area contributed by atoms with Crippen LogP contribution in [0.5, 0.6) is 23.1 Å². The number of anilines is 1. The maximum atomic E-state index is 15.5. The highest BCUT2D eigenvalue weighted by Gasteiger charge is 2.29. The second-order valence-corrected chi connectivity index (χ2v) is 15.7. The van der Waals surface area contributed by atoms with Crippen molar-refractivity contribution in [3.8, 4) is 34.4 Å². The predicted octanol–water partition coefficient (Wildman–Crippen LogP) is 7.45. The average Bonchev–Trinajstić information content (AvgIpc) is 3.59. The van der Waals surface area contributed by atoms with Crippen molar-refractivity contribution in [3.05, 3.63) is 90.0 Å². The van der Waals surface area contributed by atoms with E-state index in [-0.39, 0.29) is 35.3 Å². The Hall–Kier alpha value is -5.50. The van der Waals surface area contributed by atoms with Gasteiger partial charge in [-0.05, 0) is 94.0 Å². The number of benzene rings is 3. The molecule has 14 heteroatoms. The van der Waals surface area contributed by atoms with Gasteiger partial charge in [-0.2, -0.15) is 0 Å². The number of ether oxygens (including phenoxy) is 4. The lowest BCUT2D eigenvalue weighted by Crippen LogP contribution is -2.47. The Morgan fingerprint density at radius 2 is 1.83 bits per heavy atom. The second kappa shape index (κ2) is 13.9. The van der Waals surface area contributed by atoms with Crippen molar-refractivity contribution >= 4 is 32.7 Å². The molecule has 0 unspecified atom stereocenters. The molecule has 12 nitrogen and oxygen atoms in total. The van der Waals surface area contributed by atoms with Crippen LogP contribution in [0.4, 0.5) is 15.1 Å². The molecule has 3 aromatic carbocycles. The number of fused-ring (bicyclic) bond motifs is 2. The molecule has 2 aliphatic rings. The van der Waals surface area contributed by atoms with Gasteiger partial charge in [0, 0.05) is 48.5 Å². The number of halogens is 1. The van der Waals surface area contributed by atoms with Crippen LogP contribution in [0, 0.1) is 12.7 Å². The molecule has 0 bridgehead atoms. The minimum absolute atomic E-state index is 0.00238. The molecule has 1 N–H and O–H groups in total. The molecule has 1 saturated heterocycles. The number of carbonyl (C=O) groups is 1. The minimum Gasteiger partial charge on any atom is -0.454 e. The van der Waals surface area contributed by atoms with Crippen LogP contribution in [0.25, 0.3) is 22.0 Å². The quantitative estimate of drug-likeness (QED) is 0.170. The first-order valence-electron chi connectivity index (χ1n) is 16.9. The Morgan fingerprint density at radius 1 is 1.02 bits per heavy atom. The fourth-order valence-electron chi connectivity index (χ4n) is 6.26. The Balaban J connectivity index is 1.15. The standard InChI is InChI=1S/C38H38FN5O7S/c1-23-9-11-26-27(12-13-30(39)29(26)21-52(46,47)25-10-14-32-33(19-25)49-22-48-32)34(23)50-35-28(8-5-16-40-35)31-15-17-41-36(43-31)42-24-7-6-18-44(20-24)37(45)51-38(2,3)4/h5,8-17,19,24H,6-7,18,20-22H2,1-4H3,(H,41,42,43)/t24-/m0/s1. The molecule has 52 heavy (non-hydrogen) atoms. The third kappa shape index (κ3) is 7.42. The lowest BCUT2D eigenvalue weighted by molar-refractivity contribution is 0.0206. The normalized spacial score (nSPS) is 15.8. The number of aromatic nitrogens is 3. The number of amides is 1. The highest BCUT2D eigenvalue weighted by atomic mass is 32.2. The molecule has 0 aliphatic carbocycles. The SMILES string of the molecule is Cc1ccc2c(CS(=O)(=O)c3ccc4c(c3)OCO4)c(F)ccc2c1Oc1ncccc1-c1ccnc(N[C@H]2CCCN(C(=O)OC(C)(C)C)C2)n1. The van der Waals surface area contributed by atoms with E-state index < -0.39 is 27.0 Å². The van der Waals surface area contributed by atoms with E-state index >= 15 is 4.39 Å². The van der Waals surface area contributed by atoms with Crippen molar-refractivity contribution in [3.63, 3.8) is 0 Å². The molecule has 1 fully saturated rings. The van der Waals surface area contributed by atoms with Gasteiger partial charge in [-0.15, -0.1) is 0 Å². The number of pyridine rings is 1. The first kappa shape index (κ1) is 34.9. The van der Waals surface area contributed by atoms with Gasteiger partial charge in [-0.3, -0.25) is 0 Å². The van der Waals surface area contributed by atoms with Crippen LogP contribution in [-0.4, -0.2) is 65.9 Å². The Morgan fingerprint density at radius 3 is 2.65 bits per heavy atom. The number of nitrogens with one attached hydrogen (secondary N) is 1. The predicted molar refractivity (Wildman–Crippen MR) is 192 cm³/mol. The van der Waals surface area contributed by atoms with Crippen molar-refractivity contribution in [2.75, 3.05) is 25.2 Å². The van der Waals surface area contributed by atoms with Crippen LogP contribution in [0.3, 0.4) is 0 Å². The molecule has 1 atom stereocenters. The largest absolute Gasteiger partial charge is 0.454 e. The third-order valence-corrected chi connectivity index (χ3v) is 10.4. The Labute approximate surface area is 300 Å². The van der Waals surface area contributed by atoms with Crippen molar-refractivity contribution < 1.29 is 36.6 Å². The molecule has 2 aromatic heterocycles. The fraction of sp³-hybridized carbons (Fsp3) is 0.316. The molecule has 2 aliphatic heterocycles. The molecule has 4 heterocycles. The summed E-state index contributed by atoms with van der Waals surface area (Å²) in [4.78, 5) is 28.1. The van der Waals surface area contributed by atoms with Crippen LogP contribution < -0.4 is 19.5 Å². The summed E-state index contributed by atoms with van der Waals surface area (Å²) in [5.74, 6) is 0.563. The van der Waals surface area contributed by atoms with Gasteiger partial charge in [0.1, 0.15) is 17.2 Å². The average molecular weight is 728 g/mol. The second-order valence-electron chi connectivity index (χ2n) is 13.7. The van der Waals surface area contributed by atoms with Gasteiger partial charge >= 0.3 is 6.09 Å². The van der Waals surface area contributed by atoms with Gasteiger partial charge in [0.25, 0.3) is 0 Å². The third-order valence-electron chi connectivity index (χ3n) is 8.75. The summed E-state index contributed by atoms with van der Waals surface area (Å²) in [6, 6.07) is 15.9. The van der Waals surface area contributed by atoms with E-state index in [2.05, 4.69) is 15.3 Å². The molecule has 1 amide bonds. The first-order valence-corrected chi connectivity index (χ1v) is 18.5. The van der Waals surface area contributed by atoms with Crippen LogP contribution in [0.15, 0.2) is 78.0 Å². The number of rotatable bonds is 8. The molecule has 270 valence electrons. The Kier molecular flexibility index (Phi) is 9.34. The van der Waals surface area contributed by atoms with Crippen molar-refractivity contribution in [2.24, 2.45) is 0 Å². The lowest BCUT2D eigenvalue weighted by Gasteiger charge is -2.34. The van der Waals surface area contributed by atoms with E-state index in [1.165, 1.54) is 24.3 Å². The molecular formula is C38H38FN5O7S. The summed E-state index contributed by atoms with van der Waals surface area (Å²) < 4.78 is 65.3. The number of piperidine rings is 1. The van der Waals surface area contributed by atoms with E-state index in [0.29, 0.717) is 58.3 Å². The first-order chi connectivity index (χ1) is 24.8. The van der Waals surface area contributed by atoms with Crippen molar-refractivity contribution in [1.29, 1.82) is 0 Å². The Bertz CT molecular complexity index is 2280. The number of nitrogens with zero attached hydrogens (tertiary/aromatic N) is 4. The molecule has 0 spiro atoms. The van der Waals surface area contributed by atoms with Crippen LogP contribution in [0.2, 0.25) is 0 Å².